The molecule has 6 heteroatoms. The van der Waals surface area contributed by atoms with E-state index in [0.717, 1.165) is 22.9 Å². The van der Waals surface area contributed by atoms with Crippen LogP contribution in [-0.4, -0.2) is 29.7 Å². The van der Waals surface area contributed by atoms with Gasteiger partial charge in [-0.1, -0.05) is 42.0 Å². The molecule has 3 rings (SSSR count). The van der Waals surface area contributed by atoms with Crippen LogP contribution in [0.4, 0.5) is 4.79 Å². The minimum atomic E-state index is -0.311. The fourth-order valence-corrected chi connectivity index (χ4v) is 3.64. The molecule has 5 nitrogen and oxygen atoms in total. The van der Waals surface area contributed by atoms with Crippen LogP contribution in [0.15, 0.2) is 60.0 Å². The van der Waals surface area contributed by atoms with Gasteiger partial charge < -0.3 is 9.47 Å². The molecule has 1 heterocycles. The summed E-state index contributed by atoms with van der Waals surface area (Å²) in [4.78, 5) is 25.8. The second-order valence-corrected chi connectivity index (χ2v) is 7.26. The fourth-order valence-electron chi connectivity index (χ4n) is 2.79. The molecule has 2 aromatic carbocycles. The number of nitrogens with zero attached hydrogens (tertiary/aromatic N) is 1. The Morgan fingerprint density at radius 3 is 2.68 bits per heavy atom. The Morgan fingerprint density at radius 2 is 1.96 bits per heavy atom. The number of imide groups is 1. The maximum atomic E-state index is 12.3. The van der Waals surface area contributed by atoms with Crippen LogP contribution in [0, 0.1) is 6.92 Å². The molecule has 1 saturated heterocycles. The molecule has 1 fully saturated rings. The molecule has 1 aliphatic rings. The second kappa shape index (κ2) is 8.80. The van der Waals surface area contributed by atoms with Crippen molar-refractivity contribution in [3.8, 4) is 11.5 Å². The van der Waals surface area contributed by atoms with Crippen molar-refractivity contribution in [2.75, 3.05) is 13.7 Å². The number of amides is 2. The SMILES string of the molecule is C=CCN1C(=O)S/C(=C\c2ccc(OCc3cccc(C)c3)c(OC)c2)C1=O. The summed E-state index contributed by atoms with van der Waals surface area (Å²) < 4.78 is 11.3. The highest BCUT2D eigenvalue weighted by molar-refractivity contribution is 8.18. The van der Waals surface area contributed by atoms with E-state index in [2.05, 4.69) is 12.6 Å². The van der Waals surface area contributed by atoms with Crippen LogP contribution >= 0.6 is 11.8 Å². The number of thioether (sulfide) groups is 1. The Labute approximate surface area is 168 Å². The average Bonchev–Trinajstić information content (AvgIpc) is 2.94. The monoisotopic (exact) mass is 395 g/mol. The smallest absolute Gasteiger partial charge is 0.293 e. The summed E-state index contributed by atoms with van der Waals surface area (Å²) in [6.07, 6.45) is 3.21. The van der Waals surface area contributed by atoms with Crippen LogP contribution in [0.25, 0.3) is 6.08 Å². The second-order valence-electron chi connectivity index (χ2n) is 6.27. The van der Waals surface area contributed by atoms with E-state index in [1.807, 2.05) is 31.2 Å². The molecule has 0 aliphatic carbocycles. The molecule has 0 radical (unpaired) electrons. The standard InChI is InChI=1S/C22H21NO4S/c1-4-10-23-21(24)20(28-22(23)25)13-16-8-9-18(19(12-16)26-3)27-14-17-7-5-6-15(2)11-17/h4-9,11-13H,1,10,14H2,2-3H3/b20-13-. The highest BCUT2D eigenvalue weighted by Crippen LogP contribution is 2.34. The third-order valence-electron chi connectivity index (χ3n) is 4.15. The van der Waals surface area contributed by atoms with Gasteiger partial charge in [0.15, 0.2) is 11.5 Å². The summed E-state index contributed by atoms with van der Waals surface area (Å²) in [7, 11) is 1.57. The molecule has 0 bridgehead atoms. The summed E-state index contributed by atoms with van der Waals surface area (Å²) in [5.74, 6) is 0.862. The van der Waals surface area contributed by atoms with Crippen LogP contribution in [0.1, 0.15) is 16.7 Å². The third kappa shape index (κ3) is 4.46. The molecule has 144 valence electrons. The topological polar surface area (TPSA) is 55.8 Å². The van der Waals surface area contributed by atoms with E-state index >= 15 is 0 Å². The highest BCUT2D eigenvalue weighted by Gasteiger charge is 2.34. The van der Waals surface area contributed by atoms with E-state index in [9.17, 15) is 9.59 Å². The predicted molar refractivity (Wildman–Crippen MR) is 111 cm³/mol. The molecule has 0 aromatic heterocycles. The average molecular weight is 395 g/mol. The number of benzene rings is 2. The van der Waals surface area contributed by atoms with Crippen molar-refractivity contribution in [3.63, 3.8) is 0 Å². The molecule has 0 atom stereocenters. The molecule has 2 amide bonds. The predicted octanol–water partition coefficient (Wildman–Crippen LogP) is 4.80. The van der Waals surface area contributed by atoms with Gasteiger partial charge in [0.25, 0.3) is 11.1 Å². The number of rotatable bonds is 7. The quantitative estimate of drug-likeness (QED) is 0.498. The van der Waals surface area contributed by atoms with Gasteiger partial charge in [-0.25, -0.2) is 0 Å². The Balaban J connectivity index is 1.77. The summed E-state index contributed by atoms with van der Waals surface area (Å²) in [5, 5.41) is -0.291. The molecule has 28 heavy (non-hydrogen) atoms. The van der Waals surface area contributed by atoms with Crippen molar-refractivity contribution in [2.45, 2.75) is 13.5 Å². The van der Waals surface area contributed by atoms with Crippen molar-refractivity contribution >= 4 is 29.0 Å². The van der Waals surface area contributed by atoms with Crippen LogP contribution in [-0.2, 0) is 11.4 Å². The fraction of sp³-hybridized carbons (Fsp3) is 0.182. The third-order valence-corrected chi connectivity index (χ3v) is 5.05. The molecule has 1 aliphatic heterocycles. The maximum absolute atomic E-state index is 12.3. The van der Waals surface area contributed by atoms with E-state index in [1.165, 1.54) is 16.5 Å². The first-order chi connectivity index (χ1) is 13.5. The normalized spacial score (nSPS) is 15.2. The molecule has 0 spiro atoms. The lowest BCUT2D eigenvalue weighted by Crippen LogP contribution is -2.27. The van der Waals surface area contributed by atoms with Gasteiger partial charge >= 0.3 is 0 Å². The first-order valence-electron chi connectivity index (χ1n) is 8.74. The van der Waals surface area contributed by atoms with Gasteiger partial charge in [-0.3, -0.25) is 14.5 Å². The van der Waals surface area contributed by atoms with E-state index in [0.29, 0.717) is 23.0 Å². The lowest BCUT2D eigenvalue weighted by Gasteiger charge is -2.12. The summed E-state index contributed by atoms with van der Waals surface area (Å²) in [6.45, 7) is 6.24. The van der Waals surface area contributed by atoms with Gasteiger partial charge in [0, 0.05) is 6.54 Å². The first kappa shape index (κ1) is 19.8. The van der Waals surface area contributed by atoms with Crippen LogP contribution in [0.3, 0.4) is 0 Å². The summed E-state index contributed by atoms with van der Waals surface area (Å²) >= 11 is 0.922. The van der Waals surface area contributed by atoms with Gasteiger partial charge in [0.2, 0.25) is 0 Å². The molecule has 0 saturated carbocycles. The van der Waals surface area contributed by atoms with Gasteiger partial charge in [0.1, 0.15) is 6.61 Å². The van der Waals surface area contributed by atoms with Crippen LogP contribution < -0.4 is 9.47 Å². The zero-order valence-corrected chi connectivity index (χ0v) is 16.6. The van der Waals surface area contributed by atoms with Crippen molar-refractivity contribution in [1.82, 2.24) is 4.90 Å². The zero-order chi connectivity index (χ0) is 20.1. The lowest BCUT2D eigenvalue weighted by molar-refractivity contribution is -0.122. The van der Waals surface area contributed by atoms with Crippen LogP contribution in [0.2, 0.25) is 0 Å². The Kier molecular flexibility index (Phi) is 6.21. The maximum Gasteiger partial charge on any atom is 0.293 e. The van der Waals surface area contributed by atoms with E-state index in [1.54, 1.807) is 25.3 Å². The molecular formula is C22H21NO4S. The number of hydrogen-bond donors (Lipinski definition) is 0. The highest BCUT2D eigenvalue weighted by atomic mass is 32.2. The minimum absolute atomic E-state index is 0.205. The summed E-state index contributed by atoms with van der Waals surface area (Å²) in [6, 6.07) is 13.5. The molecule has 2 aromatic rings. The number of aryl methyl sites for hydroxylation is 1. The zero-order valence-electron chi connectivity index (χ0n) is 15.8. The van der Waals surface area contributed by atoms with Crippen molar-refractivity contribution < 1.29 is 19.1 Å². The molecule has 0 unspecified atom stereocenters. The van der Waals surface area contributed by atoms with E-state index < -0.39 is 0 Å². The molecular weight excluding hydrogens is 374 g/mol. The van der Waals surface area contributed by atoms with Crippen LogP contribution in [0.5, 0.6) is 11.5 Å². The van der Waals surface area contributed by atoms with E-state index in [4.69, 9.17) is 9.47 Å². The number of hydrogen-bond acceptors (Lipinski definition) is 5. The minimum Gasteiger partial charge on any atom is -0.493 e. The van der Waals surface area contributed by atoms with E-state index in [-0.39, 0.29) is 17.7 Å². The number of carbonyl (C=O) groups excluding carboxylic acids is 2. The largest absolute Gasteiger partial charge is 0.493 e. The van der Waals surface area contributed by atoms with Crippen molar-refractivity contribution in [2.24, 2.45) is 0 Å². The molecule has 0 N–H and O–H groups in total. The van der Waals surface area contributed by atoms with Crippen molar-refractivity contribution in [3.05, 3.63) is 76.7 Å². The van der Waals surface area contributed by atoms with Crippen molar-refractivity contribution in [1.29, 1.82) is 0 Å². The van der Waals surface area contributed by atoms with Gasteiger partial charge in [-0.05, 0) is 48.0 Å². The lowest BCUT2D eigenvalue weighted by atomic mass is 10.1. The Morgan fingerprint density at radius 1 is 1.14 bits per heavy atom. The number of ether oxygens (including phenoxy) is 2. The van der Waals surface area contributed by atoms with Gasteiger partial charge in [-0.15, -0.1) is 6.58 Å². The number of carbonyl (C=O) groups is 2. The van der Waals surface area contributed by atoms with Gasteiger partial charge in [0.05, 0.1) is 12.0 Å². The Bertz CT molecular complexity index is 951. The summed E-state index contributed by atoms with van der Waals surface area (Å²) in [5.41, 5.74) is 3.00. The first-order valence-corrected chi connectivity index (χ1v) is 9.56. The Hall–Kier alpha value is -2.99. The number of methoxy groups -OCH3 is 1. The van der Waals surface area contributed by atoms with Gasteiger partial charge in [-0.2, -0.15) is 0 Å².